The maximum atomic E-state index is 12.5. The maximum Gasteiger partial charge on any atom is 0.352 e. The Balaban J connectivity index is 1.78. The SMILES string of the molecule is CC(=O)OCC1=C(C(=O)O)N2C(=O)[C@H](NC(=O)c3c(Cl)cnn3C)[C@H]2SC1. The molecule has 2 N–H and O–H groups in total. The summed E-state index contributed by atoms with van der Waals surface area (Å²) in [7, 11) is 1.54. The molecule has 3 heterocycles. The lowest BCUT2D eigenvalue weighted by Crippen LogP contribution is -2.70. The maximum absolute atomic E-state index is 12.5. The molecule has 2 aliphatic rings. The summed E-state index contributed by atoms with van der Waals surface area (Å²) in [5, 5.41) is 15.5. The number of aliphatic carboxylic acids is 1. The number of nitrogens with one attached hydrogen (secondary N) is 1. The fourth-order valence-electron chi connectivity index (χ4n) is 2.86. The number of halogens is 1. The molecule has 12 heteroatoms. The number of amides is 2. The summed E-state index contributed by atoms with van der Waals surface area (Å²) >= 11 is 7.21. The van der Waals surface area contributed by atoms with Crippen molar-refractivity contribution in [2.24, 2.45) is 7.05 Å². The molecule has 144 valence electrons. The minimum absolute atomic E-state index is 0.105. The van der Waals surface area contributed by atoms with Crippen molar-refractivity contribution in [3.8, 4) is 0 Å². The van der Waals surface area contributed by atoms with Crippen LogP contribution in [0.25, 0.3) is 0 Å². The smallest absolute Gasteiger partial charge is 0.352 e. The normalized spacial score (nSPS) is 21.4. The molecule has 0 saturated carbocycles. The number of thioether (sulfide) groups is 1. The van der Waals surface area contributed by atoms with Crippen molar-refractivity contribution >= 4 is 47.1 Å². The van der Waals surface area contributed by atoms with Gasteiger partial charge < -0.3 is 15.2 Å². The van der Waals surface area contributed by atoms with Crippen LogP contribution in [0.1, 0.15) is 17.4 Å². The topological polar surface area (TPSA) is 131 Å². The van der Waals surface area contributed by atoms with Crippen LogP contribution in [0.2, 0.25) is 5.02 Å². The Morgan fingerprint density at radius 2 is 2.19 bits per heavy atom. The molecule has 2 atom stereocenters. The lowest BCUT2D eigenvalue weighted by Gasteiger charge is -2.49. The van der Waals surface area contributed by atoms with Gasteiger partial charge in [0.1, 0.15) is 29.4 Å². The number of hydrogen-bond donors (Lipinski definition) is 2. The molecule has 0 aliphatic carbocycles. The first-order chi connectivity index (χ1) is 12.7. The minimum Gasteiger partial charge on any atom is -0.477 e. The predicted octanol–water partition coefficient (Wildman–Crippen LogP) is -0.0112. The second-order valence-electron chi connectivity index (χ2n) is 5.86. The molecule has 0 radical (unpaired) electrons. The second kappa shape index (κ2) is 7.24. The van der Waals surface area contributed by atoms with E-state index in [1.807, 2.05) is 0 Å². The minimum atomic E-state index is -1.30. The molecule has 10 nitrogen and oxygen atoms in total. The molecular formula is C15H15ClN4O6S. The number of nitrogens with zero attached hydrogens (tertiary/aromatic N) is 3. The van der Waals surface area contributed by atoms with E-state index in [1.165, 1.54) is 36.6 Å². The summed E-state index contributed by atoms with van der Waals surface area (Å²) in [4.78, 5) is 48.6. The number of β-lactam (4-membered cyclic amide) rings is 1. The third-order valence-electron chi connectivity index (χ3n) is 4.10. The fraction of sp³-hybridized carbons (Fsp3) is 0.400. The largest absolute Gasteiger partial charge is 0.477 e. The number of aromatic nitrogens is 2. The summed E-state index contributed by atoms with van der Waals surface area (Å²) in [5.41, 5.74) is 0.217. The van der Waals surface area contributed by atoms with Gasteiger partial charge in [-0.3, -0.25) is 24.0 Å². The van der Waals surface area contributed by atoms with E-state index < -0.39 is 35.2 Å². The molecule has 3 rings (SSSR count). The van der Waals surface area contributed by atoms with Gasteiger partial charge >= 0.3 is 11.9 Å². The van der Waals surface area contributed by atoms with Crippen LogP contribution in [0.15, 0.2) is 17.5 Å². The number of carbonyl (C=O) groups excluding carboxylic acids is 3. The number of rotatable bonds is 5. The molecule has 0 spiro atoms. The van der Waals surface area contributed by atoms with Crippen molar-refractivity contribution in [3.05, 3.63) is 28.2 Å². The highest BCUT2D eigenvalue weighted by Gasteiger charge is 2.54. The molecule has 0 bridgehead atoms. The third-order valence-corrected chi connectivity index (χ3v) is 5.71. The average molecular weight is 415 g/mol. The zero-order chi connectivity index (χ0) is 19.9. The van der Waals surface area contributed by atoms with Crippen LogP contribution in [0.3, 0.4) is 0 Å². The monoisotopic (exact) mass is 414 g/mol. The zero-order valence-corrected chi connectivity index (χ0v) is 15.8. The highest BCUT2D eigenvalue weighted by Crippen LogP contribution is 2.40. The Kier molecular flexibility index (Phi) is 5.16. The van der Waals surface area contributed by atoms with E-state index in [2.05, 4.69) is 10.4 Å². The molecule has 2 aliphatic heterocycles. The average Bonchev–Trinajstić information content (AvgIpc) is 2.94. The lowest BCUT2D eigenvalue weighted by atomic mass is 10.0. The molecule has 1 fully saturated rings. The molecule has 0 unspecified atom stereocenters. The van der Waals surface area contributed by atoms with Gasteiger partial charge in [-0.05, 0) is 0 Å². The van der Waals surface area contributed by atoms with Crippen LogP contribution >= 0.6 is 23.4 Å². The second-order valence-corrected chi connectivity index (χ2v) is 7.38. The molecule has 1 saturated heterocycles. The Bertz CT molecular complexity index is 862. The van der Waals surface area contributed by atoms with Crippen molar-refractivity contribution in [2.75, 3.05) is 12.4 Å². The van der Waals surface area contributed by atoms with Crippen molar-refractivity contribution in [2.45, 2.75) is 18.3 Å². The van der Waals surface area contributed by atoms with E-state index >= 15 is 0 Å². The van der Waals surface area contributed by atoms with Crippen LogP contribution in [0.4, 0.5) is 0 Å². The van der Waals surface area contributed by atoms with Gasteiger partial charge in [0.2, 0.25) is 0 Å². The van der Waals surface area contributed by atoms with Gasteiger partial charge in [-0.2, -0.15) is 5.10 Å². The number of hydrogen-bond acceptors (Lipinski definition) is 7. The number of carbonyl (C=O) groups is 4. The number of ether oxygens (including phenoxy) is 1. The lowest BCUT2D eigenvalue weighted by molar-refractivity contribution is -0.149. The van der Waals surface area contributed by atoms with E-state index in [1.54, 1.807) is 0 Å². The Morgan fingerprint density at radius 3 is 2.74 bits per heavy atom. The summed E-state index contributed by atoms with van der Waals surface area (Å²) in [6.45, 7) is 1.01. The van der Waals surface area contributed by atoms with E-state index in [9.17, 15) is 24.3 Å². The molecular weight excluding hydrogens is 400 g/mol. The molecule has 0 aromatic carbocycles. The van der Waals surface area contributed by atoms with Gasteiger partial charge in [0.15, 0.2) is 0 Å². The van der Waals surface area contributed by atoms with E-state index in [-0.39, 0.29) is 28.8 Å². The highest BCUT2D eigenvalue weighted by molar-refractivity contribution is 8.00. The number of carboxylic acid groups (broad SMARTS) is 1. The van der Waals surface area contributed by atoms with E-state index in [0.717, 1.165) is 4.90 Å². The van der Waals surface area contributed by atoms with Crippen molar-refractivity contribution in [1.29, 1.82) is 0 Å². The van der Waals surface area contributed by atoms with Crippen molar-refractivity contribution in [1.82, 2.24) is 20.0 Å². The number of aryl methyl sites for hydroxylation is 1. The standard InChI is InChI=1S/C15H15ClN4O6S/c1-6(21)26-4-7-5-27-14-9(13(23)20(14)10(7)15(24)25)18-12(22)11-8(16)3-17-19(11)2/h3,9,14H,4-5H2,1-2H3,(H,18,22)(H,24,25)/t9-,14+/m0/s1. The van der Waals surface area contributed by atoms with E-state index in [4.69, 9.17) is 16.3 Å². The Hall–Kier alpha value is -2.53. The van der Waals surface area contributed by atoms with Crippen LogP contribution < -0.4 is 5.32 Å². The molecule has 1 aromatic rings. The molecule has 2 amide bonds. The highest BCUT2D eigenvalue weighted by atomic mass is 35.5. The third kappa shape index (κ3) is 3.39. The first-order valence-corrected chi connectivity index (χ1v) is 9.16. The Labute approximate surface area is 162 Å². The summed E-state index contributed by atoms with van der Waals surface area (Å²) in [6, 6.07) is -0.891. The fourth-order valence-corrected chi connectivity index (χ4v) is 4.44. The quantitative estimate of drug-likeness (QED) is 0.508. The van der Waals surface area contributed by atoms with Crippen LogP contribution in [0, 0.1) is 0 Å². The number of fused-ring (bicyclic) bond motifs is 1. The van der Waals surface area contributed by atoms with Gasteiger partial charge in [0.25, 0.3) is 11.8 Å². The van der Waals surface area contributed by atoms with Gasteiger partial charge in [0.05, 0.1) is 11.2 Å². The van der Waals surface area contributed by atoms with Gasteiger partial charge in [-0.1, -0.05) is 11.6 Å². The van der Waals surface area contributed by atoms with Crippen molar-refractivity contribution < 1.29 is 29.0 Å². The molecule has 1 aromatic heterocycles. The van der Waals surface area contributed by atoms with Gasteiger partial charge in [-0.15, -0.1) is 11.8 Å². The summed E-state index contributed by atoms with van der Waals surface area (Å²) in [5.74, 6) is -2.73. The van der Waals surface area contributed by atoms with Crippen molar-refractivity contribution in [3.63, 3.8) is 0 Å². The summed E-state index contributed by atoms with van der Waals surface area (Å²) < 4.78 is 6.15. The van der Waals surface area contributed by atoms with E-state index in [0.29, 0.717) is 5.57 Å². The Morgan fingerprint density at radius 1 is 1.48 bits per heavy atom. The molecule has 27 heavy (non-hydrogen) atoms. The van der Waals surface area contributed by atoms with Crippen LogP contribution in [-0.4, -0.2) is 67.3 Å². The number of esters is 1. The van der Waals surface area contributed by atoms with Gasteiger partial charge in [-0.25, -0.2) is 4.79 Å². The van der Waals surface area contributed by atoms with Crippen LogP contribution in [0.5, 0.6) is 0 Å². The first kappa shape index (κ1) is 19.2. The van der Waals surface area contributed by atoms with Gasteiger partial charge in [0, 0.05) is 25.3 Å². The number of carboxylic acids is 1. The first-order valence-electron chi connectivity index (χ1n) is 7.74. The zero-order valence-electron chi connectivity index (χ0n) is 14.3. The summed E-state index contributed by atoms with van der Waals surface area (Å²) in [6.07, 6.45) is 1.31. The predicted molar refractivity (Wildman–Crippen MR) is 93.9 cm³/mol. The van der Waals surface area contributed by atoms with Crippen LogP contribution in [-0.2, 0) is 26.2 Å².